The van der Waals surface area contributed by atoms with Crippen LogP contribution in [0.3, 0.4) is 0 Å². The van der Waals surface area contributed by atoms with E-state index in [9.17, 15) is 0 Å². The second-order valence-corrected chi connectivity index (χ2v) is 6.73. The maximum Gasteiger partial charge on any atom is 0.0510 e. The average Bonchev–Trinajstić information content (AvgIpc) is 2.87. The number of anilines is 1. The van der Waals surface area contributed by atoms with E-state index in [1.165, 1.54) is 48.1 Å². The van der Waals surface area contributed by atoms with Crippen molar-refractivity contribution in [1.82, 2.24) is 5.32 Å². The first-order valence-electron chi connectivity index (χ1n) is 7.93. The summed E-state index contributed by atoms with van der Waals surface area (Å²) < 4.78 is 1.23. The SMILES string of the molecule is CCCC1CCN(c2ccc(C(C)NCC)cc2Br)C1. The van der Waals surface area contributed by atoms with E-state index in [4.69, 9.17) is 0 Å². The Bertz CT molecular complexity index is 433. The van der Waals surface area contributed by atoms with Gasteiger partial charge in [0.1, 0.15) is 0 Å². The first kappa shape index (κ1) is 15.8. The van der Waals surface area contributed by atoms with Gasteiger partial charge in [-0.2, -0.15) is 0 Å². The highest BCUT2D eigenvalue weighted by atomic mass is 79.9. The largest absolute Gasteiger partial charge is 0.370 e. The van der Waals surface area contributed by atoms with Crippen molar-refractivity contribution >= 4 is 21.6 Å². The van der Waals surface area contributed by atoms with Crippen molar-refractivity contribution in [2.45, 2.75) is 46.1 Å². The molecule has 20 heavy (non-hydrogen) atoms. The van der Waals surface area contributed by atoms with E-state index in [-0.39, 0.29) is 0 Å². The summed E-state index contributed by atoms with van der Waals surface area (Å²) in [5.41, 5.74) is 2.71. The minimum atomic E-state index is 0.414. The molecule has 0 aromatic heterocycles. The summed E-state index contributed by atoms with van der Waals surface area (Å²) in [6.07, 6.45) is 4.01. The maximum atomic E-state index is 3.77. The van der Waals surface area contributed by atoms with E-state index in [1.807, 2.05) is 0 Å². The lowest BCUT2D eigenvalue weighted by Gasteiger charge is -2.22. The monoisotopic (exact) mass is 338 g/mol. The summed E-state index contributed by atoms with van der Waals surface area (Å²) in [4.78, 5) is 2.53. The minimum absolute atomic E-state index is 0.414. The van der Waals surface area contributed by atoms with E-state index >= 15 is 0 Å². The van der Waals surface area contributed by atoms with Crippen LogP contribution >= 0.6 is 15.9 Å². The second-order valence-electron chi connectivity index (χ2n) is 5.88. The van der Waals surface area contributed by atoms with E-state index in [0.717, 1.165) is 12.5 Å². The highest BCUT2D eigenvalue weighted by Gasteiger charge is 2.23. The molecule has 0 aliphatic carbocycles. The number of hydrogen-bond acceptors (Lipinski definition) is 2. The maximum absolute atomic E-state index is 3.77. The predicted octanol–water partition coefficient (Wildman–Crippen LogP) is 4.75. The van der Waals surface area contributed by atoms with Crippen molar-refractivity contribution in [2.24, 2.45) is 5.92 Å². The quantitative estimate of drug-likeness (QED) is 0.805. The zero-order valence-corrected chi connectivity index (χ0v) is 14.5. The third-order valence-electron chi connectivity index (χ3n) is 4.31. The molecular weight excluding hydrogens is 312 g/mol. The van der Waals surface area contributed by atoms with Crippen molar-refractivity contribution in [3.63, 3.8) is 0 Å². The Morgan fingerprint density at radius 2 is 2.20 bits per heavy atom. The molecule has 1 aromatic rings. The molecular formula is C17H27BrN2. The van der Waals surface area contributed by atoms with Gasteiger partial charge in [-0.05, 0) is 65.9 Å². The molecule has 0 saturated carbocycles. The molecule has 112 valence electrons. The third-order valence-corrected chi connectivity index (χ3v) is 4.94. The molecule has 3 heteroatoms. The second kappa shape index (κ2) is 7.46. The Labute approximate surface area is 132 Å². The van der Waals surface area contributed by atoms with Crippen LogP contribution in [0.25, 0.3) is 0 Å². The van der Waals surface area contributed by atoms with Crippen LogP contribution in [-0.4, -0.2) is 19.6 Å². The fraction of sp³-hybridized carbons (Fsp3) is 0.647. The summed E-state index contributed by atoms with van der Waals surface area (Å²) in [7, 11) is 0. The molecule has 1 aliphatic heterocycles. The van der Waals surface area contributed by atoms with Crippen molar-refractivity contribution < 1.29 is 0 Å². The van der Waals surface area contributed by atoms with Crippen molar-refractivity contribution in [2.75, 3.05) is 24.5 Å². The van der Waals surface area contributed by atoms with E-state index < -0.39 is 0 Å². The highest BCUT2D eigenvalue weighted by molar-refractivity contribution is 9.10. The zero-order chi connectivity index (χ0) is 14.5. The van der Waals surface area contributed by atoms with Crippen LogP contribution in [0, 0.1) is 5.92 Å². The highest BCUT2D eigenvalue weighted by Crippen LogP contribution is 2.33. The molecule has 0 radical (unpaired) electrons. The van der Waals surface area contributed by atoms with E-state index in [2.05, 4.69) is 65.1 Å². The van der Waals surface area contributed by atoms with Gasteiger partial charge in [-0.3, -0.25) is 0 Å². The molecule has 0 bridgehead atoms. The summed E-state index contributed by atoms with van der Waals surface area (Å²) in [5.74, 6) is 0.882. The summed E-state index contributed by atoms with van der Waals surface area (Å²) in [6, 6.07) is 7.23. The van der Waals surface area contributed by atoms with Crippen LogP contribution < -0.4 is 10.2 Å². The molecule has 1 aromatic carbocycles. The van der Waals surface area contributed by atoms with Gasteiger partial charge >= 0.3 is 0 Å². The normalized spacial score (nSPS) is 20.4. The smallest absolute Gasteiger partial charge is 0.0510 e. The number of rotatable bonds is 6. The average molecular weight is 339 g/mol. The van der Waals surface area contributed by atoms with Gasteiger partial charge in [-0.25, -0.2) is 0 Å². The molecule has 2 atom stereocenters. The number of nitrogens with zero attached hydrogens (tertiary/aromatic N) is 1. The lowest BCUT2D eigenvalue weighted by atomic mass is 10.0. The van der Waals surface area contributed by atoms with Crippen LogP contribution in [0.1, 0.15) is 51.6 Å². The number of nitrogens with one attached hydrogen (secondary N) is 1. The van der Waals surface area contributed by atoms with Gasteiger partial charge in [0, 0.05) is 23.6 Å². The van der Waals surface area contributed by atoms with Gasteiger partial charge in [0.15, 0.2) is 0 Å². The fourth-order valence-electron chi connectivity index (χ4n) is 3.17. The van der Waals surface area contributed by atoms with Gasteiger partial charge < -0.3 is 10.2 Å². The molecule has 2 unspecified atom stereocenters. The van der Waals surface area contributed by atoms with Crippen LogP contribution in [0.5, 0.6) is 0 Å². The molecule has 1 fully saturated rings. The number of hydrogen-bond donors (Lipinski definition) is 1. The zero-order valence-electron chi connectivity index (χ0n) is 13.0. The summed E-state index contributed by atoms with van der Waals surface area (Å²) in [5, 5.41) is 3.47. The van der Waals surface area contributed by atoms with Gasteiger partial charge in [-0.15, -0.1) is 0 Å². The topological polar surface area (TPSA) is 15.3 Å². The fourth-order valence-corrected chi connectivity index (χ4v) is 3.82. The van der Waals surface area contributed by atoms with E-state index in [0.29, 0.717) is 6.04 Å². The number of halogens is 1. The van der Waals surface area contributed by atoms with Crippen LogP contribution in [0.15, 0.2) is 22.7 Å². The van der Waals surface area contributed by atoms with Crippen LogP contribution in [-0.2, 0) is 0 Å². The summed E-state index contributed by atoms with van der Waals surface area (Å²) >= 11 is 3.77. The lowest BCUT2D eigenvalue weighted by Crippen LogP contribution is -2.21. The van der Waals surface area contributed by atoms with E-state index in [1.54, 1.807) is 0 Å². The Hall–Kier alpha value is -0.540. The van der Waals surface area contributed by atoms with Gasteiger partial charge in [0.2, 0.25) is 0 Å². The van der Waals surface area contributed by atoms with Crippen LogP contribution in [0.4, 0.5) is 5.69 Å². The molecule has 0 spiro atoms. The van der Waals surface area contributed by atoms with Crippen molar-refractivity contribution in [3.8, 4) is 0 Å². The standard InChI is InChI=1S/C17H27BrN2/c1-4-6-14-9-10-20(12-14)17-8-7-15(11-16(17)18)13(3)19-5-2/h7-8,11,13-14,19H,4-6,9-10,12H2,1-3H3. The molecule has 0 amide bonds. The predicted molar refractivity (Wildman–Crippen MR) is 91.5 cm³/mol. The van der Waals surface area contributed by atoms with Gasteiger partial charge in [0.05, 0.1) is 5.69 Å². The first-order valence-corrected chi connectivity index (χ1v) is 8.72. The van der Waals surface area contributed by atoms with Gasteiger partial charge in [-0.1, -0.05) is 26.3 Å². The Morgan fingerprint density at radius 3 is 2.85 bits per heavy atom. The molecule has 1 saturated heterocycles. The number of benzene rings is 1. The molecule has 2 nitrogen and oxygen atoms in total. The molecule has 1 heterocycles. The summed E-state index contributed by atoms with van der Waals surface area (Å²) in [6.45, 7) is 10.1. The Balaban J connectivity index is 2.06. The third kappa shape index (κ3) is 3.76. The minimum Gasteiger partial charge on any atom is -0.370 e. The Kier molecular flexibility index (Phi) is 5.91. The van der Waals surface area contributed by atoms with Crippen molar-refractivity contribution in [1.29, 1.82) is 0 Å². The van der Waals surface area contributed by atoms with Crippen molar-refractivity contribution in [3.05, 3.63) is 28.2 Å². The lowest BCUT2D eigenvalue weighted by molar-refractivity contribution is 0.530. The first-order chi connectivity index (χ1) is 9.65. The van der Waals surface area contributed by atoms with Crippen LogP contribution in [0.2, 0.25) is 0 Å². The molecule has 1 N–H and O–H groups in total. The van der Waals surface area contributed by atoms with Gasteiger partial charge in [0.25, 0.3) is 0 Å². The molecule has 2 rings (SSSR count). The Morgan fingerprint density at radius 1 is 1.40 bits per heavy atom. The molecule has 1 aliphatic rings.